The van der Waals surface area contributed by atoms with Crippen molar-refractivity contribution in [2.45, 2.75) is 12.4 Å². The first kappa shape index (κ1) is 15.3. The number of alkyl halides is 3. The highest BCUT2D eigenvalue weighted by Gasteiger charge is 2.48. The summed E-state index contributed by atoms with van der Waals surface area (Å²) in [5.41, 5.74) is -4.23. The van der Waals surface area contributed by atoms with Crippen LogP contribution >= 0.6 is 0 Å². The van der Waals surface area contributed by atoms with E-state index in [2.05, 4.69) is 9.17 Å². The molecule has 112 valence electrons. The van der Waals surface area contributed by atoms with E-state index in [4.69, 9.17) is 0 Å². The number of nitrogens with zero attached hydrogens (tertiary/aromatic N) is 1. The fraction of sp³-hybridized carbons (Fsp3) is 0.154. The molecule has 0 saturated carbocycles. The van der Waals surface area contributed by atoms with Crippen molar-refractivity contribution in [3.63, 3.8) is 0 Å². The van der Waals surface area contributed by atoms with Crippen molar-refractivity contribution in [1.29, 1.82) is 0 Å². The van der Waals surface area contributed by atoms with Gasteiger partial charge in [-0.1, -0.05) is 30.3 Å². The quantitative estimate of drug-likeness (QED) is 0.644. The first-order chi connectivity index (χ1) is 9.71. The molecule has 0 unspecified atom stereocenters. The topological polar surface area (TPSA) is 56.3 Å². The van der Waals surface area contributed by atoms with Crippen molar-refractivity contribution in [1.82, 2.24) is 4.98 Å². The lowest BCUT2D eigenvalue weighted by Crippen LogP contribution is -2.28. The standard InChI is InChI=1S/C13H10F3NO3S/c1-9-7-11(10-5-3-2-4-6-10)12(8-17-9)20-21(18,19)13(14,15)16/h2-8H,1H3. The Morgan fingerprint density at radius 3 is 2.33 bits per heavy atom. The van der Waals surface area contributed by atoms with Gasteiger partial charge in [-0.3, -0.25) is 4.98 Å². The minimum Gasteiger partial charge on any atom is -0.374 e. The molecule has 0 amide bonds. The molecule has 0 spiro atoms. The Bertz CT molecular complexity index is 743. The molecule has 1 aromatic heterocycles. The summed E-state index contributed by atoms with van der Waals surface area (Å²) in [4.78, 5) is 3.77. The van der Waals surface area contributed by atoms with Crippen LogP contribution in [0.25, 0.3) is 11.1 Å². The number of pyridine rings is 1. The molecule has 21 heavy (non-hydrogen) atoms. The monoisotopic (exact) mass is 317 g/mol. The Morgan fingerprint density at radius 1 is 1.14 bits per heavy atom. The maximum absolute atomic E-state index is 12.4. The fourth-order valence-electron chi connectivity index (χ4n) is 1.62. The fourth-order valence-corrected chi connectivity index (χ4v) is 2.09. The van der Waals surface area contributed by atoms with E-state index in [0.717, 1.165) is 6.20 Å². The number of halogens is 3. The minimum absolute atomic E-state index is 0.218. The van der Waals surface area contributed by atoms with E-state index in [1.165, 1.54) is 6.07 Å². The Labute approximate surface area is 119 Å². The van der Waals surface area contributed by atoms with Gasteiger partial charge in [-0.15, -0.1) is 0 Å². The largest absolute Gasteiger partial charge is 0.534 e. The van der Waals surface area contributed by atoms with E-state index in [9.17, 15) is 21.6 Å². The zero-order chi connectivity index (χ0) is 15.7. The normalized spacial score (nSPS) is 12.2. The predicted octanol–water partition coefficient (Wildman–Crippen LogP) is 3.29. The van der Waals surface area contributed by atoms with E-state index >= 15 is 0 Å². The molecule has 8 heteroatoms. The third kappa shape index (κ3) is 3.33. The van der Waals surface area contributed by atoms with E-state index in [-0.39, 0.29) is 5.56 Å². The second-order valence-electron chi connectivity index (χ2n) is 4.17. The van der Waals surface area contributed by atoms with Crippen LogP contribution in [-0.2, 0) is 10.1 Å². The Morgan fingerprint density at radius 2 is 1.76 bits per heavy atom. The first-order valence-electron chi connectivity index (χ1n) is 5.73. The Hall–Kier alpha value is -2.09. The summed E-state index contributed by atoms with van der Waals surface area (Å²) in [6.07, 6.45) is 0.959. The number of benzene rings is 1. The van der Waals surface area contributed by atoms with Gasteiger partial charge in [0.05, 0.1) is 6.20 Å². The van der Waals surface area contributed by atoms with Crippen LogP contribution in [-0.4, -0.2) is 18.9 Å². The van der Waals surface area contributed by atoms with Crippen molar-refractivity contribution >= 4 is 10.1 Å². The minimum atomic E-state index is -5.73. The lowest BCUT2D eigenvalue weighted by Gasteiger charge is -2.13. The maximum Gasteiger partial charge on any atom is 0.534 e. The zero-order valence-electron chi connectivity index (χ0n) is 10.8. The summed E-state index contributed by atoms with van der Waals surface area (Å²) < 4.78 is 63.6. The highest BCUT2D eigenvalue weighted by molar-refractivity contribution is 7.88. The molecule has 0 aliphatic heterocycles. The third-order valence-electron chi connectivity index (χ3n) is 2.57. The van der Waals surface area contributed by atoms with Crippen LogP contribution in [0.4, 0.5) is 13.2 Å². The second kappa shape index (κ2) is 5.36. The van der Waals surface area contributed by atoms with Gasteiger partial charge in [0.25, 0.3) is 0 Å². The number of rotatable bonds is 3. The Kier molecular flexibility index (Phi) is 3.91. The van der Waals surface area contributed by atoms with Crippen LogP contribution in [0.5, 0.6) is 5.75 Å². The highest BCUT2D eigenvalue weighted by atomic mass is 32.2. The smallest absolute Gasteiger partial charge is 0.374 e. The molecule has 0 N–H and O–H groups in total. The molecule has 0 aliphatic carbocycles. The molecule has 0 radical (unpaired) electrons. The third-order valence-corrected chi connectivity index (χ3v) is 3.54. The van der Waals surface area contributed by atoms with Crippen LogP contribution in [0.3, 0.4) is 0 Å². The van der Waals surface area contributed by atoms with E-state index in [0.29, 0.717) is 11.3 Å². The molecular weight excluding hydrogens is 307 g/mol. The average molecular weight is 317 g/mol. The van der Waals surface area contributed by atoms with Crippen molar-refractivity contribution < 1.29 is 25.8 Å². The van der Waals surface area contributed by atoms with Crippen LogP contribution in [0.1, 0.15) is 5.69 Å². The Balaban J connectivity index is 2.52. The lowest BCUT2D eigenvalue weighted by molar-refractivity contribution is -0.0499. The highest BCUT2D eigenvalue weighted by Crippen LogP contribution is 2.34. The molecule has 1 aromatic carbocycles. The summed E-state index contributed by atoms with van der Waals surface area (Å²) >= 11 is 0. The second-order valence-corrected chi connectivity index (χ2v) is 5.71. The van der Waals surface area contributed by atoms with E-state index in [1.807, 2.05) is 0 Å². The maximum atomic E-state index is 12.4. The summed E-state index contributed by atoms with van der Waals surface area (Å²) in [6, 6.07) is 9.78. The van der Waals surface area contributed by atoms with Crippen LogP contribution in [0, 0.1) is 6.92 Å². The van der Waals surface area contributed by atoms with Gasteiger partial charge < -0.3 is 4.18 Å². The van der Waals surface area contributed by atoms with Crippen LogP contribution in [0.2, 0.25) is 0 Å². The average Bonchev–Trinajstić information content (AvgIpc) is 2.40. The van der Waals surface area contributed by atoms with Gasteiger partial charge in [-0.25, -0.2) is 0 Å². The van der Waals surface area contributed by atoms with Crippen LogP contribution < -0.4 is 4.18 Å². The van der Waals surface area contributed by atoms with Gasteiger partial charge in [0.15, 0.2) is 5.75 Å². The molecule has 2 rings (SSSR count). The number of aryl methyl sites for hydroxylation is 1. The predicted molar refractivity (Wildman–Crippen MR) is 70.0 cm³/mol. The summed E-state index contributed by atoms with van der Waals surface area (Å²) in [7, 11) is -5.73. The van der Waals surface area contributed by atoms with Gasteiger partial charge in [-0.05, 0) is 18.6 Å². The van der Waals surface area contributed by atoms with Crippen LogP contribution in [0.15, 0.2) is 42.6 Å². The van der Waals surface area contributed by atoms with Gasteiger partial charge in [0, 0.05) is 11.3 Å². The van der Waals surface area contributed by atoms with Crippen molar-refractivity contribution in [2.24, 2.45) is 0 Å². The van der Waals surface area contributed by atoms with E-state index in [1.54, 1.807) is 37.3 Å². The molecule has 2 aromatic rings. The molecule has 0 atom stereocenters. The van der Waals surface area contributed by atoms with Crippen molar-refractivity contribution in [3.8, 4) is 16.9 Å². The molecule has 0 saturated heterocycles. The van der Waals surface area contributed by atoms with Gasteiger partial charge in [0.2, 0.25) is 0 Å². The first-order valence-corrected chi connectivity index (χ1v) is 7.14. The van der Waals surface area contributed by atoms with Gasteiger partial charge in [0.1, 0.15) is 0 Å². The molecule has 0 bridgehead atoms. The lowest BCUT2D eigenvalue weighted by atomic mass is 10.1. The molecule has 0 aliphatic rings. The van der Waals surface area contributed by atoms with Crippen molar-refractivity contribution in [2.75, 3.05) is 0 Å². The molecule has 0 fully saturated rings. The molecule has 4 nitrogen and oxygen atoms in total. The molecule has 1 heterocycles. The van der Waals surface area contributed by atoms with Gasteiger partial charge >= 0.3 is 15.6 Å². The van der Waals surface area contributed by atoms with Gasteiger partial charge in [-0.2, -0.15) is 21.6 Å². The summed E-state index contributed by atoms with van der Waals surface area (Å²) in [5.74, 6) is -0.468. The van der Waals surface area contributed by atoms with Crippen molar-refractivity contribution in [3.05, 3.63) is 48.3 Å². The SMILES string of the molecule is Cc1cc(-c2ccccc2)c(OS(=O)(=O)C(F)(F)F)cn1. The number of hydrogen-bond acceptors (Lipinski definition) is 4. The van der Waals surface area contributed by atoms with E-state index < -0.39 is 21.4 Å². The summed E-state index contributed by atoms with van der Waals surface area (Å²) in [5, 5.41) is 0. The number of aromatic nitrogens is 1. The zero-order valence-corrected chi connectivity index (χ0v) is 11.6. The molecular formula is C13H10F3NO3S. The number of hydrogen-bond donors (Lipinski definition) is 0. The summed E-state index contributed by atoms with van der Waals surface area (Å²) in [6.45, 7) is 1.63.